The molecule has 0 fully saturated rings. The van der Waals surface area contributed by atoms with Crippen LogP contribution in [-0.2, 0) is 11.2 Å². The fourth-order valence-corrected chi connectivity index (χ4v) is 3.55. The maximum Gasteiger partial charge on any atom is 0.475 e. The average molecular weight is 398 g/mol. The van der Waals surface area contributed by atoms with E-state index in [0.717, 1.165) is 28.1 Å². The van der Waals surface area contributed by atoms with E-state index in [1.54, 1.807) is 19.4 Å². The van der Waals surface area contributed by atoms with Crippen LogP contribution in [0.2, 0.25) is 0 Å². The van der Waals surface area contributed by atoms with E-state index in [-0.39, 0.29) is 18.2 Å². The number of carbonyl (C=O) groups is 1. The van der Waals surface area contributed by atoms with Crippen LogP contribution in [0.5, 0.6) is 11.5 Å². The van der Waals surface area contributed by atoms with Crippen LogP contribution in [0.4, 0.5) is 0 Å². The molecule has 0 saturated heterocycles. The number of fused-ring (bicyclic) bond motifs is 1. The summed E-state index contributed by atoms with van der Waals surface area (Å²) in [4.78, 5) is 16.6. The van der Waals surface area contributed by atoms with E-state index in [4.69, 9.17) is 9.47 Å². The van der Waals surface area contributed by atoms with Crippen molar-refractivity contribution in [3.8, 4) is 11.5 Å². The van der Waals surface area contributed by atoms with Crippen LogP contribution in [0, 0.1) is 13.8 Å². The van der Waals surface area contributed by atoms with Gasteiger partial charge in [-0.05, 0) is 49.9 Å². The molecule has 8 heteroatoms. The van der Waals surface area contributed by atoms with E-state index in [2.05, 4.69) is 10.3 Å². The Morgan fingerprint density at radius 2 is 2.14 bits per heavy atom. The summed E-state index contributed by atoms with van der Waals surface area (Å²) in [5.74, 6) is 0.510. The molecule has 0 aliphatic carbocycles. The molecule has 154 valence electrons. The number of methoxy groups -OCH3 is 1. The van der Waals surface area contributed by atoms with Crippen molar-refractivity contribution in [2.45, 2.75) is 45.0 Å². The van der Waals surface area contributed by atoms with Gasteiger partial charge in [-0.25, -0.2) is 0 Å². The van der Waals surface area contributed by atoms with Gasteiger partial charge < -0.3 is 24.8 Å². The van der Waals surface area contributed by atoms with Crippen LogP contribution in [0.15, 0.2) is 30.5 Å². The number of hydrogen-bond acceptors (Lipinski definition) is 6. The van der Waals surface area contributed by atoms with Crippen LogP contribution in [0.1, 0.15) is 41.1 Å². The molecule has 29 heavy (non-hydrogen) atoms. The fourth-order valence-electron chi connectivity index (χ4n) is 3.55. The minimum Gasteiger partial charge on any atom is -0.495 e. The summed E-state index contributed by atoms with van der Waals surface area (Å²) < 4.78 is 10.9. The van der Waals surface area contributed by atoms with Crippen molar-refractivity contribution in [3.63, 3.8) is 0 Å². The Hall–Kier alpha value is -2.58. The van der Waals surface area contributed by atoms with Crippen molar-refractivity contribution in [2.24, 2.45) is 0 Å². The summed E-state index contributed by atoms with van der Waals surface area (Å²) in [6.07, 6.45) is 2.66. The molecule has 3 rings (SSSR count). The van der Waals surface area contributed by atoms with Gasteiger partial charge in [0, 0.05) is 23.6 Å². The molecule has 0 bridgehead atoms. The SMILES string of the molecule is COc1ccc(CCC(=O)NC(CC2COc3c2ccc(C)c3C)B(O)O)nc1. The standard InChI is InChI=1S/C21H27BN2O5/c1-13-4-8-18-15(12-29-21(18)14(13)2)10-19(22(26)27)24-20(25)9-6-16-5-7-17(28-3)11-23-16/h4-5,7-8,11,15,19,26-27H,6,9-10,12H2,1-3H3,(H,24,25). The van der Waals surface area contributed by atoms with E-state index < -0.39 is 13.1 Å². The molecule has 3 N–H and O–H groups in total. The van der Waals surface area contributed by atoms with Gasteiger partial charge in [-0.15, -0.1) is 0 Å². The highest BCUT2D eigenvalue weighted by molar-refractivity contribution is 6.43. The third-order valence-electron chi connectivity index (χ3n) is 5.46. The van der Waals surface area contributed by atoms with E-state index in [1.165, 1.54) is 0 Å². The summed E-state index contributed by atoms with van der Waals surface area (Å²) in [5, 5.41) is 22.3. The summed E-state index contributed by atoms with van der Waals surface area (Å²) in [7, 11) is -0.0746. The first-order chi connectivity index (χ1) is 13.9. The highest BCUT2D eigenvalue weighted by atomic mass is 16.5. The maximum absolute atomic E-state index is 12.4. The number of amides is 1. The molecule has 7 nitrogen and oxygen atoms in total. The summed E-state index contributed by atoms with van der Waals surface area (Å²) in [5.41, 5.74) is 4.08. The number of aryl methyl sites for hydroxylation is 2. The monoisotopic (exact) mass is 398 g/mol. The number of nitrogens with one attached hydrogen (secondary N) is 1. The van der Waals surface area contributed by atoms with Crippen molar-refractivity contribution in [3.05, 3.63) is 52.8 Å². The second-order valence-electron chi connectivity index (χ2n) is 7.45. The number of pyridine rings is 1. The average Bonchev–Trinajstić information content (AvgIpc) is 3.12. The summed E-state index contributed by atoms with van der Waals surface area (Å²) >= 11 is 0. The number of rotatable bonds is 8. The van der Waals surface area contributed by atoms with Crippen molar-refractivity contribution >= 4 is 13.0 Å². The molecule has 2 unspecified atom stereocenters. The number of benzene rings is 1. The van der Waals surface area contributed by atoms with Gasteiger partial charge in [0.05, 0.1) is 25.9 Å². The molecule has 1 aliphatic heterocycles. The lowest BCUT2D eigenvalue weighted by atomic mass is 9.73. The minimum absolute atomic E-state index is 0.000320. The molecule has 0 saturated carbocycles. The van der Waals surface area contributed by atoms with E-state index in [9.17, 15) is 14.8 Å². The largest absolute Gasteiger partial charge is 0.495 e. The van der Waals surface area contributed by atoms with Crippen molar-refractivity contribution < 1.29 is 24.3 Å². The topological polar surface area (TPSA) is 101 Å². The van der Waals surface area contributed by atoms with Crippen LogP contribution < -0.4 is 14.8 Å². The molecular weight excluding hydrogens is 371 g/mol. The van der Waals surface area contributed by atoms with E-state index in [1.807, 2.05) is 32.0 Å². The van der Waals surface area contributed by atoms with Gasteiger partial charge in [-0.2, -0.15) is 0 Å². The van der Waals surface area contributed by atoms with Gasteiger partial charge in [0.1, 0.15) is 11.5 Å². The Bertz CT molecular complexity index is 857. The zero-order valence-electron chi connectivity index (χ0n) is 17.0. The van der Waals surface area contributed by atoms with Crippen molar-refractivity contribution in [1.29, 1.82) is 0 Å². The zero-order valence-corrected chi connectivity index (χ0v) is 17.0. The first-order valence-electron chi connectivity index (χ1n) is 9.76. The lowest BCUT2D eigenvalue weighted by molar-refractivity contribution is -0.121. The Kier molecular flexibility index (Phi) is 6.77. The number of carbonyl (C=O) groups excluding carboxylic acids is 1. The lowest BCUT2D eigenvalue weighted by Gasteiger charge is -2.21. The van der Waals surface area contributed by atoms with Crippen LogP contribution in [-0.4, -0.2) is 47.7 Å². The zero-order chi connectivity index (χ0) is 21.0. The maximum atomic E-state index is 12.4. The predicted molar refractivity (Wildman–Crippen MR) is 110 cm³/mol. The Labute approximate surface area is 171 Å². The second kappa shape index (κ2) is 9.28. The van der Waals surface area contributed by atoms with E-state index >= 15 is 0 Å². The number of ether oxygens (including phenoxy) is 2. The van der Waals surface area contributed by atoms with Crippen LogP contribution >= 0.6 is 0 Å². The molecule has 2 atom stereocenters. The van der Waals surface area contributed by atoms with Gasteiger partial charge in [-0.3, -0.25) is 9.78 Å². The predicted octanol–water partition coefficient (Wildman–Crippen LogP) is 1.70. The van der Waals surface area contributed by atoms with Crippen molar-refractivity contribution in [1.82, 2.24) is 10.3 Å². The van der Waals surface area contributed by atoms with Gasteiger partial charge >= 0.3 is 7.12 Å². The van der Waals surface area contributed by atoms with Gasteiger partial charge in [0.25, 0.3) is 0 Å². The fraction of sp³-hybridized carbons (Fsp3) is 0.429. The normalized spacial score (nSPS) is 16.0. The summed E-state index contributed by atoms with van der Waals surface area (Å²) in [6, 6.07) is 7.66. The van der Waals surface area contributed by atoms with E-state index in [0.29, 0.717) is 25.2 Å². The molecule has 2 aromatic rings. The smallest absolute Gasteiger partial charge is 0.475 e. The second-order valence-corrected chi connectivity index (χ2v) is 7.45. The Morgan fingerprint density at radius 1 is 1.34 bits per heavy atom. The van der Waals surface area contributed by atoms with Gasteiger partial charge in [0.2, 0.25) is 5.91 Å². The highest BCUT2D eigenvalue weighted by Gasteiger charge is 2.33. The molecule has 1 amide bonds. The minimum atomic E-state index is -1.64. The first-order valence-corrected chi connectivity index (χ1v) is 9.76. The third kappa shape index (κ3) is 5.08. The molecule has 2 heterocycles. The van der Waals surface area contributed by atoms with Gasteiger partial charge in [0.15, 0.2) is 0 Å². The number of aromatic nitrogens is 1. The van der Waals surface area contributed by atoms with Crippen molar-refractivity contribution in [2.75, 3.05) is 13.7 Å². The first kappa shape index (κ1) is 21.1. The lowest BCUT2D eigenvalue weighted by Crippen LogP contribution is -2.47. The molecule has 1 aromatic heterocycles. The molecule has 1 aliphatic rings. The molecule has 0 radical (unpaired) electrons. The Morgan fingerprint density at radius 3 is 2.79 bits per heavy atom. The molecule has 0 spiro atoms. The molecular formula is C21H27BN2O5. The molecule has 1 aromatic carbocycles. The number of nitrogens with zero attached hydrogens (tertiary/aromatic N) is 1. The quantitative estimate of drug-likeness (QED) is 0.586. The van der Waals surface area contributed by atoms with Gasteiger partial charge in [-0.1, -0.05) is 12.1 Å². The third-order valence-corrected chi connectivity index (χ3v) is 5.46. The number of hydrogen-bond donors (Lipinski definition) is 3. The summed E-state index contributed by atoms with van der Waals surface area (Å²) in [6.45, 7) is 4.52. The van der Waals surface area contributed by atoms with Crippen LogP contribution in [0.3, 0.4) is 0 Å². The Balaban J connectivity index is 1.58. The van der Waals surface area contributed by atoms with Crippen LogP contribution in [0.25, 0.3) is 0 Å². The highest BCUT2D eigenvalue weighted by Crippen LogP contribution is 2.40.